The number of carbonyl (C=O) groups excluding carboxylic acids is 3. The quantitative estimate of drug-likeness (QED) is 0.144. The predicted octanol–water partition coefficient (Wildman–Crippen LogP) is 4.83. The second-order valence-electron chi connectivity index (χ2n) is 11.6. The van der Waals surface area contributed by atoms with E-state index in [2.05, 4.69) is 17.2 Å². The number of aromatic nitrogens is 1. The van der Waals surface area contributed by atoms with Crippen LogP contribution < -0.4 is 5.32 Å². The number of hydroxylamine groups is 2. The number of esters is 1. The average molecular weight is 611 g/mol. The number of unbranched alkanes of at least 4 members (excludes halogenated alkanes) is 2. The molecule has 0 bridgehead atoms. The SMILES string of the molecule is CCCCCON(C(=O)[C@@H](NC(=O)[C@H]1CCCCN1C)[C@@H](C)CC)[C@H](C[C@@H](OC(C)=O)c1nc(C(=O)O)cs1)C(C)C. The smallest absolute Gasteiger partial charge is 0.355 e. The fraction of sp³-hybridized carbons (Fsp3) is 0.767. The Bertz CT molecular complexity index is 1030. The van der Waals surface area contributed by atoms with E-state index in [1.54, 1.807) is 0 Å². The van der Waals surface area contributed by atoms with Crippen LogP contribution in [0.3, 0.4) is 0 Å². The second-order valence-corrected chi connectivity index (χ2v) is 12.5. The molecule has 0 spiro atoms. The lowest BCUT2D eigenvalue weighted by molar-refractivity contribution is -0.213. The van der Waals surface area contributed by atoms with E-state index < -0.39 is 30.1 Å². The van der Waals surface area contributed by atoms with Crippen LogP contribution in [-0.2, 0) is 24.0 Å². The zero-order valence-corrected chi connectivity index (χ0v) is 27.1. The van der Waals surface area contributed by atoms with Gasteiger partial charge in [0, 0.05) is 18.7 Å². The molecular weight excluding hydrogens is 560 g/mol. The topological polar surface area (TPSA) is 138 Å². The van der Waals surface area contributed by atoms with E-state index in [4.69, 9.17) is 9.57 Å². The molecule has 0 saturated carbocycles. The maximum absolute atomic E-state index is 14.4. The van der Waals surface area contributed by atoms with Gasteiger partial charge in [-0.25, -0.2) is 14.8 Å². The molecule has 5 atom stereocenters. The summed E-state index contributed by atoms with van der Waals surface area (Å²) in [6, 6.07) is -1.66. The molecule has 2 heterocycles. The molecule has 2 rings (SSSR count). The van der Waals surface area contributed by atoms with Gasteiger partial charge in [0.2, 0.25) is 5.91 Å². The molecule has 2 amide bonds. The lowest BCUT2D eigenvalue weighted by atomic mass is 9.93. The van der Waals surface area contributed by atoms with Gasteiger partial charge in [0.25, 0.3) is 5.91 Å². The van der Waals surface area contributed by atoms with Gasteiger partial charge in [-0.15, -0.1) is 11.3 Å². The molecule has 1 saturated heterocycles. The van der Waals surface area contributed by atoms with E-state index in [1.165, 1.54) is 17.4 Å². The first kappa shape index (κ1) is 35.6. The Labute approximate surface area is 254 Å². The van der Waals surface area contributed by atoms with Crippen LogP contribution in [0.4, 0.5) is 0 Å². The van der Waals surface area contributed by atoms with Crippen LogP contribution in [0.1, 0.15) is 115 Å². The molecule has 12 heteroatoms. The summed E-state index contributed by atoms with van der Waals surface area (Å²) in [7, 11) is 1.94. The minimum absolute atomic E-state index is 0.130. The molecule has 0 unspecified atom stereocenters. The highest BCUT2D eigenvalue weighted by atomic mass is 32.1. The molecular formula is C30H50N4O7S. The number of amides is 2. The highest BCUT2D eigenvalue weighted by Gasteiger charge is 2.39. The Balaban J connectivity index is 2.43. The van der Waals surface area contributed by atoms with Crippen molar-refractivity contribution in [2.75, 3.05) is 20.2 Å². The zero-order chi connectivity index (χ0) is 31.4. The summed E-state index contributed by atoms with van der Waals surface area (Å²) < 4.78 is 5.62. The summed E-state index contributed by atoms with van der Waals surface area (Å²) in [5.41, 5.74) is -0.135. The molecule has 0 radical (unpaired) electrons. The number of ether oxygens (including phenoxy) is 1. The number of carboxylic acids is 1. The number of likely N-dealkylation sites (N-methyl/N-ethyl adjacent to an activating group) is 1. The van der Waals surface area contributed by atoms with Crippen LogP contribution in [-0.4, -0.2) is 82.1 Å². The Morgan fingerprint density at radius 1 is 1.19 bits per heavy atom. The molecule has 0 aliphatic carbocycles. The van der Waals surface area contributed by atoms with Crippen molar-refractivity contribution in [3.05, 3.63) is 16.1 Å². The number of nitrogens with one attached hydrogen (secondary N) is 1. The fourth-order valence-electron chi connectivity index (χ4n) is 5.11. The molecule has 1 aromatic heterocycles. The maximum Gasteiger partial charge on any atom is 0.355 e. The Kier molecular flexibility index (Phi) is 14.9. The summed E-state index contributed by atoms with van der Waals surface area (Å²) in [5.74, 6) is -2.52. The molecule has 42 heavy (non-hydrogen) atoms. The normalized spacial score (nSPS) is 18.6. The maximum atomic E-state index is 14.4. The first-order valence-electron chi connectivity index (χ1n) is 15.2. The van der Waals surface area contributed by atoms with Gasteiger partial charge in [0.15, 0.2) is 11.8 Å². The number of likely N-dealkylation sites (tertiary alicyclic amines) is 1. The predicted molar refractivity (Wildman–Crippen MR) is 161 cm³/mol. The Hall–Kier alpha value is -2.57. The van der Waals surface area contributed by atoms with E-state index in [0.717, 1.165) is 56.4 Å². The van der Waals surface area contributed by atoms with Gasteiger partial charge in [0.05, 0.1) is 18.7 Å². The molecule has 1 aliphatic rings. The Morgan fingerprint density at radius 3 is 2.45 bits per heavy atom. The minimum atomic E-state index is -1.17. The summed E-state index contributed by atoms with van der Waals surface area (Å²) in [5, 5.41) is 15.6. The van der Waals surface area contributed by atoms with Crippen molar-refractivity contribution >= 4 is 35.1 Å². The van der Waals surface area contributed by atoms with E-state index >= 15 is 0 Å². The van der Waals surface area contributed by atoms with Crippen molar-refractivity contribution in [1.82, 2.24) is 20.3 Å². The van der Waals surface area contributed by atoms with Crippen molar-refractivity contribution in [1.29, 1.82) is 0 Å². The summed E-state index contributed by atoms with van der Waals surface area (Å²) >= 11 is 1.09. The summed E-state index contributed by atoms with van der Waals surface area (Å²) in [6.07, 6.45) is 5.35. The highest BCUT2D eigenvalue weighted by Crippen LogP contribution is 2.32. The van der Waals surface area contributed by atoms with Gasteiger partial charge in [0.1, 0.15) is 11.0 Å². The number of piperidine rings is 1. The largest absolute Gasteiger partial charge is 0.476 e. The van der Waals surface area contributed by atoms with Crippen molar-refractivity contribution in [3.63, 3.8) is 0 Å². The van der Waals surface area contributed by atoms with Gasteiger partial charge in [-0.3, -0.25) is 24.1 Å². The molecule has 11 nitrogen and oxygen atoms in total. The molecule has 1 aliphatic heterocycles. The van der Waals surface area contributed by atoms with Gasteiger partial charge in [-0.2, -0.15) is 0 Å². The molecule has 2 N–H and O–H groups in total. The van der Waals surface area contributed by atoms with Gasteiger partial charge < -0.3 is 15.2 Å². The van der Waals surface area contributed by atoms with E-state index in [1.807, 2.05) is 39.6 Å². The third-order valence-corrected chi connectivity index (χ3v) is 8.83. The van der Waals surface area contributed by atoms with E-state index in [9.17, 15) is 24.3 Å². The number of carboxylic acid groups (broad SMARTS) is 1. The van der Waals surface area contributed by atoms with Crippen LogP contribution in [0, 0.1) is 11.8 Å². The third-order valence-electron chi connectivity index (χ3n) is 7.90. The number of hydrogen-bond acceptors (Lipinski definition) is 9. The molecule has 0 aromatic carbocycles. The van der Waals surface area contributed by atoms with Crippen molar-refractivity contribution in [2.45, 2.75) is 117 Å². The second kappa shape index (κ2) is 17.5. The van der Waals surface area contributed by atoms with E-state index in [-0.39, 0.29) is 41.8 Å². The number of nitrogens with zero attached hydrogens (tertiary/aromatic N) is 3. The highest BCUT2D eigenvalue weighted by molar-refractivity contribution is 7.09. The Morgan fingerprint density at radius 2 is 1.90 bits per heavy atom. The lowest BCUT2D eigenvalue weighted by Crippen LogP contribution is -2.58. The first-order valence-corrected chi connectivity index (χ1v) is 16.1. The number of carbonyl (C=O) groups is 4. The van der Waals surface area contributed by atoms with Gasteiger partial charge >= 0.3 is 11.9 Å². The standard InChI is InChI=1S/C30H50N4O7S/c1-8-10-13-16-40-34(29(37)26(20(5)9-2)32-27(36)23-14-11-12-15-33(23)7)24(19(3)4)17-25(41-21(6)35)28-31-22(18-42-28)30(38)39/h18-20,23-26H,8-17H2,1-7H3,(H,32,36)(H,38,39)/t20-,23+,24+,25+,26-/m0/s1. The summed E-state index contributed by atoms with van der Waals surface area (Å²) in [6.45, 7) is 12.3. The lowest BCUT2D eigenvalue weighted by Gasteiger charge is -2.39. The van der Waals surface area contributed by atoms with Gasteiger partial charge in [-0.1, -0.05) is 60.3 Å². The number of aromatic carboxylic acids is 1. The minimum Gasteiger partial charge on any atom is -0.476 e. The van der Waals surface area contributed by atoms with Crippen LogP contribution >= 0.6 is 11.3 Å². The molecule has 1 fully saturated rings. The van der Waals surface area contributed by atoms with Crippen LogP contribution in [0.5, 0.6) is 0 Å². The monoisotopic (exact) mass is 610 g/mol. The van der Waals surface area contributed by atoms with Crippen LogP contribution in [0.25, 0.3) is 0 Å². The molecule has 1 aromatic rings. The van der Waals surface area contributed by atoms with Crippen molar-refractivity contribution < 1.29 is 33.9 Å². The molecule has 238 valence electrons. The zero-order valence-electron chi connectivity index (χ0n) is 26.3. The number of hydrogen-bond donors (Lipinski definition) is 2. The number of rotatable bonds is 17. The van der Waals surface area contributed by atoms with Crippen LogP contribution in [0.2, 0.25) is 0 Å². The van der Waals surface area contributed by atoms with Gasteiger partial charge in [-0.05, 0) is 44.7 Å². The van der Waals surface area contributed by atoms with Crippen LogP contribution in [0.15, 0.2) is 5.38 Å². The van der Waals surface area contributed by atoms with Crippen molar-refractivity contribution in [2.24, 2.45) is 11.8 Å². The first-order chi connectivity index (χ1) is 19.9. The number of thiazole rings is 1. The summed E-state index contributed by atoms with van der Waals surface area (Å²) in [4.78, 5) is 63.8. The average Bonchev–Trinajstić information content (AvgIpc) is 3.44. The van der Waals surface area contributed by atoms with Crippen molar-refractivity contribution in [3.8, 4) is 0 Å². The van der Waals surface area contributed by atoms with E-state index in [0.29, 0.717) is 18.0 Å². The third kappa shape index (κ3) is 10.3. The fourth-order valence-corrected chi connectivity index (χ4v) is 5.94.